The van der Waals surface area contributed by atoms with Crippen molar-refractivity contribution in [1.82, 2.24) is 4.98 Å². The van der Waals surface area contributed by atoms with Gasteiger partial charge in [-0.05, 0) is 43.4 Å². The standard InChI is InChI=1S/C17H23N3/c1-12-7-8-20(13(2)9-12)17-10-14(11-18)15-5-3-4-6-16(15)19-17/h3-6,10,12-13H,7-9,11,18H2,1-2H3. The zero-order valence-corrected chi connectivity index (χ0v) is 12.3. The number of hydrogen-bond donors (Lipinski definition) is 1. The maximum atomic E-state index is 5.92. The van der Waals surface area contributed by atoms with Gasteiger partial charge in [-0.1, -0.05) is 25.1 Å². The Kier molecular flexibility index (Phi) is 3.62. The van der Waals surface area contributed by atoms with Crippen molar-refractivity contribution in [2.75, 3.05) is 11.4 Å². The lowest BCUT2D eigenvalue weighted by atomic mass is 9.93. The second kappa shape index (κ2) is 5.41. The lowest BCUT2D eigenvalue weighted by Crippen LogP contribution is -2.40. The summed E-state index contributed by atoms with van der Waals surface area (Å²) < 4.78 is 0. The molecule has 0 radical (unpaired) electrons. The van der Waals surface area contributed by atoms with E-state index in [-0.39, 0.29) is 0 Å². The van der Waals surface area contributed by atoms with Crippen LogP contribution in [0, 0.1) is 5.92 Å². The third kappa shape index (κ3) is 2.38. The molecule has 0 saturated carbocycles. The van der Waals surface area contributed by atoms with Crippen molar-refractivity contribution in [1.29, 1.82) is 0 Å². The molecule has 2 N–H and O–H groups in total. The summed E-state index contributed by atoms with van der Waals surface area (Å²) >= 11 is 0. The Bertz CT molecular complexity index is 608. The van der Waals surface area contributed by atoms with Crippen LogP contribution in [-0.4, -0.2) is 17.6 Å². The average Bonchev–Trinajstić information content (AvgIpc) is 2.46. The summed E-state index contributed by atoms with van der Waals surface area (Å²) in [6.45, 7) is 6.30. The molecule has 2 aromatic rings. The van der Waals surface area contributed by atoms with Crippen molar-refractivity contribution in [2.24, 2.45) is 11.7 Å². The van der Waals surface area contributed by atoms with Crippen LogP contribution in [0.25, 0.3) is 10.9 Å². The van der Waals surface area contributed by atoms with Crippen molar-refractivity contribution in [3.05, 3.63) is 35.9 Å². The molecule has 2 atom stereocenters. The molecule has 2 unspecified atom stereocenters. The minimum Gasteiger partial charge on any atom is -0.354 e. The van der Waals surface area contributed by atoms with Gasteiger partial charge in [0.2, 0.25) is 0 Å². The second-order valence-corrected chi connectivity index (χ2v) is 6.03. The van der Waals surface area contributed by atoms with Gasteiger partial charge < -0.3 is 10.6 Å². The molecule has 1 fully saturated rings. The number of piperidine rings is 1. The van der Waals surface area contributed by atoms with Crippen LogP contribution in [0.1, 0.15) is 32.3 Å². The molecule has 1 aliphatic heterocycles. The number of hydrogen-bond acceptors (Lipinski definition) is 3. The fraction of sp³-hybridized carbons (Fsp3) is 0.471. The van der Waals surface area contributed by atoms with Gasteiger partial charge in [0.1, 0.15) is 5.82 Å². The van der Waals surface area contributed by atoms with Crippen molar-refractivity contribution in [3.63, 3.8) is 0 Å². The van der Waals surface area contributed by atoms with Crippen molar-refractivity contribution in [3.8, 4) is 0 Å². The summed E-state index contributed by atoms with van der Waals surface area (Å²) in [5.74, 6) is 1.90. The topological polar surface area (TPSA) is 42.1 Å². The van der Waals surface area contributed by atoms with Crippen molar-refractivity contribution in [2.45, 2.75) is 39.3 Å². The number of benzene rings is 1. The maximum Gasteiger partial charge on any atom is 0.129 e. The highest BCUT2D eigenvalue weighted by Crippen LogP contribution is 2.29. The quantitative estimate of drug-likeness (QED) is 0.909. The Morgan fingerprint density at radius 1 is 1.30 bits per heavy atom. The fourth-order valence-corrected chi connectivity index (χ4v) is 3.30. The van der Waals surface area contributed by atoms with Crippen LogP contribution in [0.3, 0.4) is 0 Å². The molecule has 1 aliphatic rings. The zero-order valence-electron chi connectivity index (χ0n) is 12.3. The van der Waals surface area contributed by atoms with Crippen LogP contribution in [-0.2, 0) is 6.54 Å². The molecule has 1 saturated heterocycles. The monoisotopic (exact) mass is 269 g/mol. The number of para-hydroxylation sites is 1. The van der Waals surface area contributed by atoms with Crippen LogP contribution in [0.4, 0.5) is 5.82 Å². The minimum absolute atomic E-state index is 0.554. The molecule has 0 amide bonds. The normalized spacial score (nSPS) is 23.2. The molecule has 1 aromatic heterocycles. The summed E-state index contributed by atoms with van der Waals surface area (Å²) in [5.41, 5.74) is 8.17. The number of anilines is 1. The van der Waals surface area contributed by atoms with Gasteiger partial charge in [0.25, 0.3) is 0 Å². The van der Waals surface area contributed by atoms with E-state index in [0.717, 1.165) is 23.8 Å². The number of fused-ring (bicyclic) bond motifs is 1. The molecule has 106 valence electrons. The Balaban J connectivity index is 2.03. The molecule has 2 heterocycles. The molecule has 3 nitrogen and oxygen atoms in total. The molecule has 20 heavy (non-hydrogen) atoms. The second-order valence-electron chi connectivity index (χ2n) is 6.03. The van der Waals surface area contributed by atoms with E-state index in [2.05, 4.69) is 36.9 Å². The van der Waals surface area contributed by atoms with E-state index < -0.39 is 0 Å². The predicted molar refractivity (Wildman–Crippen MR) is 84.8 cm³/mol. The SMILES string of the molecule is CC1CCN(c2cc(CN)c3ccccc3n2)C(C)C1. The first kappa shape index (κ1) is 13.4. The Labute approximate surface area is 120 Å². The maximum absolute atomic E-state index is 5.92. The van der Waals surface area contributed by atoms with Crippen LogP contribution < -0.4 is 10.6 Å². The largest absolute Gasteiger partial charge is 0.354 e. The van der Waals surface area contributed by atoms with Gasteiger partial charge in [-0.25, -0.2) is 4.98 Å². The smallest absolute Gasteiger partial charge is 0.129 e. The van der Waals surface area contributed by atoms with E-state index >= 15 is 0 Å². The van der Waals surface area contributed by atoms with Crippen LogP contribution >= 0.6 is 0 Å². The highest BCUT2D eigenvalue weighted by Gasteiger charge is 2.24. The van der Waals surface area contributed by atoms with E-state index in [1.165, 1.54) is 23.8 Å². The van der Waals surface area contributed by atoms with Crippen LogP contribution in [0.5, 0.6) is 0 Å². The number of aromatic nitrogens is 1. The van der Waals surface area contributed by atoms with E-state index in [1.807, 2.05) is 12.1 Å². The number of pyridine rings is 1. The van der Waals surface area contributed by atoms with Gasteiger partial charge in [-0.2, -0.15) is 0 Å². The van der Waals surface area contributed by atoms with E-state index in [9.17, 15) is 0 Å². The summed E-state index contributed by atoms with van der Waals surface area (Å²) in [4.78, 5) is 7.29. The van der Waals surface area contributed by atoms with Gasteiger partial charge >= 0.3 is 0 Å². The highest BCUT2D eigenvalue weighted by atomic mass is 15.2. The van der Waals surface area contributed by atoms with E-state index in [4.69, 9.17) is 10.7 Å². The third-order valence-corrected chi connectivity index (χ3v) is 4.44. The van der Waals surface area contributed by atoms with Crippen molar-refractivity contribution < 1.29 is 0 Å². The molecule has 0 spiro atoms. The number of nitrogens with zero attached hydrogens (tertiary/aromatic N) is 2. The Morgan fingerprint density at radius 3 is 2.85 bits per heavy atom. The van der Waals surface area contributed by atoms with E-state index in [1.54, 1.807) is 0 Å². The summed E-state index contributed by atoms with van der Waals surface area (Å²) in [6.07, 6.45) is 2.49. The zero-order chi connectivity index (χ0) is 14.1. The predicted octanol–water partition coefficient (Wildman–Crippen LogP) is 3.32. The van der Waals surface area contributed by atoms with Crippen molar-refractivity contribution >= 4 is 16.7 Å². The minimum atomic E-state index is 0.554. The lowest BCUT2D eigenvalue weighted by Gasteiger charge is -2.37. The molecule has 3 heteroatoms. The first-order chi connectivity index (χ1) is 9.69. The van der Waals surface area contributed by atoms with Gasteiger partial charge in [-0.15, -0.1) is 0 Å². The van der Waals surface area contributed by atoms with Gasteiger partial charge in [0, 0.05) is 24.5 Å². The number of nitrogens with two attached hydrogens (primary N) is 1. The first-order valence-electron chi connectivity index (χ1n) is 7.54. The molecular formula is C17H23N3. The van der Waals surface area contributed by atoms with Gasteiger partial charge in [-0.3, -0.25) is 0 Å². The lowest BCUT2D eigenvalue weighted by molar-refractivity contribution is 0.376. The molecule has 0 aliphatic carbocycles. The highest BCUT2D eigenvalue weighted by molar-refractivity contribution is 5.84. The van der Waals surface area contributed by atoms with Crippen LogP contribution in [0.15, 0.2) is 30.3 Å². The summed E-state index contributed by atoms with van der Waals surface area (Å²) in [6, 6.07) is 11.0. The molecule has 3 rings (SSSR count). The molecule has 1 aromatic carbocycles. The molecule has 0 bridgehead atoms. The van der Waals surface area contributed by atoms with Gasteiger partial charge in [0.05, 0.1) is 5.52 Å². The fourth-order valence-electron chi connectivity index (χ4n) is 3.30. The Morgan fingerprint density at radius 2 is 2.10 bits per heavy atom. The van der Waals surface area contributed by atoms with Gasteiger partial charge in [0.15, 0.2) is 0 Å². The Hall–Kier alpha value is -1.61. The van der Waals surface area contributed by atoms with Crippen LogP contribution in [0.2, 0.25) is 0 Å². The summed E-state index contributed by atoms with van der Waals surface area (Å²) in [7, 11) is 0. The number of rotatable bonds is 2. The average molecular weight is 269 g/mol. The van der Waals surface area contributed by atoms with E-state index in [0.29, 0.717) is 12.6 Å². The third-order valence-electron chi connectivity index (χ3n) is 4.44. The summed E-state index contributed by atoms with van der Waals surface area (Å²) in [5, 5.41) is 1.18. The first-order valence-corrected chi connectivity index (χ1v) is 7.54. The molecular weight excluding hydrogens is 246 g/mol.